The lowest BCUT2D eigenvalue weighted by atomic mass is 10.3. The van der Waals surface area contributed by atoms with Gasteiger partial charge < -0.3 is 13.0 Å². The minimum Gasteiger partial charge on any atom is -0.442 e. The second-order valence-electron chi connectivity index (χ2n) is 7.21. The zero-order chi connectivity index (χ0) is 20.0. The molecule has 0 spiro atoms. The summed E-state index contributed by atoms with van der Waals surface area (Å²) in [6, 6.07) is 31.3. The maximum Gasteiger partial charge on any atom is 0.311 e. The van der Waals surface area contributed by atoms with E-state index in [1.807, 2.05) is 18.2 Å². The molecule has 0 fully saturated rings. The summed E-state index contributed by atoms with van der Waals surface area (Å²) in [7, 11) is -8.38. The van der Waals surface area contributed by atoms with Gasteiger partial charge in [-0.25, -0.2) is 0 Å². The average Bonchev–Trinajstić information content (AvgIpc) is 2.70. The number of hydrogen-bond acceptors (Lipinski definition) is 3. The molecule has 3 rings (SSSR count). The average molecular weight is 441 g/mol. The molecule has 0 aliphatic carbocycles. The van der Waals surface area contributed by atoms with Crippen molar-refractivity contribution < 1.29 is 13.0 Å². The van der Waals surface area contributed by atoms with Gasteiger partial charge in [-0.3, -0.25) is 0 Å². The Morgan fingerprint density at radius 1 is 0.714 bits per heavy atom. The summed E-state index contributed by atoms with van der Waals surface area (Å²) < 4.78 is 12.6. The summed E-state index contributed by atoms with van der Waals surface area (Å²) in [5.74, 6) is 0. The predicted molar refractivity (Wildman–Crippen MR) is 127 cm³/mol. The maximum atomic E-state index is 11.8. The van der Waals surface area contributed by atoms with Crippen LogP contribution >= 0.6 is 0 Å². The van der Waals surface area contributed by atoms with E-state index in [0.717, 1.165) is 0 Å². The summed E-state index contributed by atoms with van der Waals surface area (Å²) in [5, 5.41) is 3.56. The van der Waals surface area contributed by atoms with E-state index in [1.54, 1.807) is 0 Å². The third kappa shape index (κ3) is 4.36. The Hall–Kier alpha value is -1.59. The first-order valence-corrected chi connectivity index (χ1v) is 19.3. The molecule has 3 nitrogen and oxygen atoms in total. The zero-order valence-electron chi connectivity index (χ0n) is 16.7. The highest BCUT2D eigenvalue weighted by Gasteiger charge is 2.51. The molecule has 0 aliphatic rings. The van der Waals surface area contributed by atoms with E-state index in [2.05, 4.69) is 92.4 Å². The van der Waals surface area contributed by atoms with Crippen molar-refractivity contribution >= 4 is 50.3 Å². The van der Waals surface area contributed by atoms with E-state index in [0.29, 0.717) is 0 Å². The van der Waals surface area contributed by atoms with Gasteiger partial charge in [-0.2, -0.15) is 0 Å². The summed E-state index contributed by atoms with van der Waals surface area (Å²) in [4.78, 5) is 11.8. The number of rotatable bonds is 8. The molecule has 146 valence electrons. The Morgan fingerprint density at radius 3 is 1.39 bits per heavy atom. The predicted octanol–water partition coefficient (Wildman–Crippen LogP) is 1.31. The van der Waals surface area contributed by atoms with Crippen LogP contribution in [0.1, 0.15) is 0 Å². The van der Waals surface area contributed by atoms with Crippen LogP contribution in [0.5, 0.6) is 0 Å². The normalized spacial score (nSPS) is 13.7. The van der Waals surface area contributed by atoms with E-state index < -0.39 is 34.7 Å². The molecule has 0 bridgehead atoms. The van der Waals surface area contributed by atoms with Crippen LogP contribution in [0.25, 0.3) is 0 Å². The highest BCUT2D eigenvalue weighted by atomic mass is 29.3. The molecular formula is C21H28O3Si4. The Kier molecular flexibility index (Phi) is 6.99. The largest absolute Gasteiger partial charge is 0.442 e. The third-order valence-corrected chi connectivity index (χ3v) is 22.8. The van der Waals surface area contributed by atoms with E-state index in [9.17, 15) is 4.80 Å². The van der Waals surface area contributed by atoms with E-state index >= 15 is 0 Å². The van der Waals surface area contributed by atoms with Gasteiger partial charge in [0, 0.05) is 0 Å². The molecule has 1 N–H and O–H groups in total. The van der Waals surface area contributed by atoms with Gasteiger partial charge in [0.1, 0.15) is 9.76 Å². The first-order chi connectivity index (χ1) is 13.5. The molecule has 3 aromatic carbocycles. The molecule has 0 heterocycles. The summed E-state index contributed by atoms with van der Waals surface area (Å²) in [6.07, 6.45) is 0. The molecule has 0 saturated heterocycles. The zero-order valence-corrected chi connectivity index (χ0v) is 21.3. The third-order valence-electron chi connectivity index (χ3n) is 4.95. The lowest BCUT2D eigenvalue weighted by molar-refractivity contribution is 0.367. The SMILES string of the molecule is C[SiH2]O[Si](C)(C)O[SiH](O)[Si](c1ccccc1)(c1ccccc1)c1ccccc1. The summed E-state index contributed by atoms with van der Waals surface area (Å²) >= 11 is 0. The topological polar surface area (TPSA) is 38.7 Å². The van der Waals surface area contributed by atoms with Crippen LogP contribution in [0.3, 0.4) is 0 Å². The first-order valence-electron chi connectivity index (χ1n) is 9.67. The Labute approximate surface area is 173 Å². The molecule has 0 aromatic heterocycles. The van der Waals surface area contributed by atoms with E-state index in [1.165, 1.54) is 15.6 Å². The molecule has 3 aromatic rings. The lowest BCUT2D eigenvalue weighted by Crippen LogP contribution is -2.78. The van der Waals surface area contributed by atoms with Crippen molar-refractivity contribution in [3.05, 3.63) is 91.0 Å². The lowest BCUT2D eigenvalue weighted by Gasteiger charge is -2.39. The number of hydrogen-bond donors (Lipinski definition) is 1. The van der Waals surface area contributed by atoms with Gasteiger partial charge in [-0.15, -0.1) is 0 Å². The van der Waals surface area contributed by atoms with Gasteiger partial charge in [-0.05, 0) is 28.7 Å². The quantitative estimate of drug-likeness (QED) is 0.424. The molecular weight excluding hydrogens is 413 g/mol. The first kappa shape index (κ1) is 21.1. The Morgan fingerprint density at radius 2 is 1.07 bits per heavy atom. The molecule has 0 saturated carbocycles. The van der Waals surface area contributed by atoms with Crippen LogP contribution in [0.15, 0.2) is 91.0 Å². The van der Waals surface area contributed by atoms with Crippen molar-refractivity contribution in [3.8, 4) is 0 Å². The smallest absolute Gasteiger partial charge is 0.311 e. The van der Waals surface area contributed by atoms with Crippen LogP contribution < -0.4 is 15.6 Å². The van der Waals surface area contributed by atoms with Crippen molar-refractivity contribution in [3.63, 3.8) is 0 Å². The Bertz CT molecular complexity index is 764. The second-order valence-corrected chi connectivity index (χ2v) is 20.8. The van der Waals surface area contributed by atoms with Crippen molar-refractivity contribution in [1.29, 1.82) is 0 Å². The molecule has 0 radical (unpaired) electrons. The fourth-order valence-electron chi connectivity index (χ4n) is 3.77. The number of benzene rings is 3. The van der Waals surface area contributed by atoms with Gasteiger partial charge in [0.25, 0.3) is 0 Å². The summed E-state index contributed by atoms with van der Waals surface area (Å²) in [6.45, 7) is 6.22. The fraction of sp³-hybridized carbons (Fsp3) is 0.143. The fourth-order valence-corrected chi connectivity index (χ4v) is 22.7. The van der Waals surface area contributed by atoms with Crippen LogP contribution in [0.4, 0.5) is 0 Å². The van der Waals surface area contributed by atoms with Crippen LogP contribution in [0.2, 0.25) is 19.6 Å². The molecule has 0 amide bonds. The van der Waals surface area contributed by atoms with Crippen molar-refractivity contribution in [2.75, 3.05) is 0 Å². The van der Waals surface area contributed by atoms with Gasteiger partial charge in [0.2, 0.25) is 0 Å². The van der Waals surface area contributed by atoms with Crippen LogP contribution in [-0.2, 0) is 8.23 Å². The van der Waals surface area contributed by atoms with Gasteiger partial charge in [0.05, 0.1) is 0 Å². The van der Waals surface area contributed by atoms with Crippen LogP contribution in [0, 0.1) is 0 Å². The molecule has 28 heavy (non-hydrogen) atoms. The minimum atomic E-state index is -2.72. The van der Waals surface area contributed by atoms with Crippen molar-refractivity contribution in [2.24, 2.45) is 0 Å². The highest BCUT2D eigenvalue weighted by Crippen LogP contribution is 2.16. The van der Waals surface area contributed by atoms with Gasteiger partial charge >= 0.3 is 17.4 Å². The van der Waals surface area contributed by atoms with Gasteiger partial charge in [0.15, 0.2) is 7.59 Å². The van der Waals surface area contributed by atoms with Crippen LogP contribution in [-0.4, -0.2) is 39.5 Å². The molecule has 0 aliphatic heterocycles. The Balaban J connectivity index is 2.25. The standard InChI is InChI=1S/C21H28O3Si4/c1-25-23-27(2,3)24-26(22)28(19-13-7-4-8-14-19,20-15-9-5-10-16-20)21-17-11-6-12-18-21/h4-18,22,26H,25H2,1-3H3. The van der Waals surface area contributed by atoms with Crippen molar-refractivity contribution in [1.82, 2.24) is 0 Å². The van der Waals surface area contributed by atoms with Crippen molar-refractivity contribution in [2.45, 2.75) is 19.6 Å². The second kappa shape index (κ2) is 9.27. The molecule has 7 heteroatoms. The van der Waals surface area contributed by atoms with E-state index in [4.69, 9.17) is 8.23 Å². The maximum absolute atomic E-state index is 11.8. The monoisotopic (exact) mass is 440 g/mol. The van der Waals surface area contributed by atoms with E-state index in [-0.39, 0.29) is 0 Å². The minimum absolute atomic E-state index is 0.602. The summed E-state index contributed by atoms with van der Waals surface area (Å²) in [5.41, 5.74) is 0. The van der Waals surface area contributed by atoms with Gasteiger partial charge in [-0.1, -0.05) is 97.5 Å². The highest BCUT2D eigenvalue weighted by molar-refractivity contribution is 7.46. The molecule has 1 atom stereocenters. The molecule has 1 unspecified atom stereocenters.